The minimum atomic E-state index is -1.56. The number of fused-ring (bicyclic) bond motifs is 5. The Morgan fingerprint density at radius 1 is 1.30 bits per heavy atom. The van der Waals surface area contributed by atoms with Crippen molar-refractivity contribution in [2.75, 3.05) is 6.61 Å². The summed E-state index contributed by atoms with van der Waals surface area (Å²) in [7, 11) is 0. The van der Waals surface area contributed by atoms with Crippen LogP contribution in [0.4, 0.5) is 0 Å². The maximum Gasteiger partial charge on any atom is 0.190 e. The molecule has 0 spiro atoms. The molecule has 4 rings (SSSR count). The number of aliphatic hydroxyl groups is 3. The number of carbonyl (C=O) groups is 2. The average molecular weight is 441 g/mol. The fourth-order valence-corrected chi connectivity index (χ4v) is 6.92. The van der Waals surface area contributed by atoms with Gasteiger partial charge in [-0.2, -0.15) is 0 Å². The van der Waals surface area contributed by atoms with E-state index in [1.165, 1.54) is 0 Å². The highest BCUT2D eigenvalue weighted by molar-refractivity contribution is 8.93. The smallest absolute Gasteiger partial charge is 0.190 e. The van der Waals surface area contributed by atoms with Crippen LogP contribution < -0.4 is 0 Å². The van der Waals surface area contributed by atoms with E-state index in [9.17, 15) is 24.9 Å². The maximum absolute atomic E-state index is 12.4. The lowest BCUT2D eigenvalue weighted by Gasteiger charge is -2.59. The first kappa shape index (κ1) is 20.9. The zero-order valence-corrected chi connectivity index (χ0v) is 17.6. The van der Waals surface area contributed by atoms with Crippen molar-refractivity contribution in [1.82, 2.24) is 0 Å². The number of ketones is 2. The molecule has 7 atom stereocenters. The third-order valence-corrected chi connectivity index (χ3v) is 8.25. The van der Waals surface area contributed by atoms with Gasteiger partial charge in [-0.05, 0) is 56.1 Å². The number of hydrogen-bond acceptors (Lipinski definition) is 5. The van der Waals surface area contributed by atoms with Gasteiger partial charge in [0.15, 0.2) is 11.6 Å². The molecule has 0 amide bonds. The van der Waals surface area contributed by atoms with Crippen molar-refractivity contribution in [1.29, 1.82) is 0 Å². The second-order valence-corrected chi connectivity index (χ2v) is 9.19. The number of hydrogen-bond donors (Lipinski definition) is 3. The predicted molar refractivity (Wildman–Crippen MR) is 105 cm³/mol. The lowest BCUT2D eigenvalue weighted by Crippen LogP contribution is -2.61. The molecule has 0 bridgehead atoms. The summed E-state index contributed by atoms with van der Waals surface area (Å²) in [4.78, 5) is 24.2. The Morgan fingerprint density at radius 3 is 2.67 bits per heavy atom. The van der Waals surface area contributed by atoms with E-state index < -0.39 is 29.5 Å². The molecule has 0 aliphatic heterocycles. The fraction of sp³-hybridized carbons (Fsp3) is 0.714. The van der Waals surface area contributed by atoms with Crippen molar-refractivity contribution in [3.05, 3.63) is 23.8 Å². The van der Waals surface area contributed by atoms with Crippen LogP contribution in [-0.4, -0.2) is 45.2 Å². The Morgan fingerprint density at radius 2 is 2.00 bits per heavy atom. The first-order valence-electron chi connectivity index (χ1n) is 9.66. The molecule has 0 aromatic rings. The summed E-state index contributed by atoms with van der Waals surface area (Å²) in [5.41, 5.74) is -1.54. The second-order valence-electron chi connectivity index (χ2n) is 9.19. The highest BCUT2D eigenvalue weighted by atomic mass is 79.9. The first-order valence-corrected chi connectivity index (χ1v) is 9.66. The number of Topliss-reactive ketones (excluding diaryl/α,β-unsaturated/α-hetero) is 1. The molecule has 5 nitrogen and oxygen atoms in total. The molecule has 0 aromatic heterocycles. The summed E-state index contributed by atoms with van der Waals surface area (Å²) in [6.07, 6.45) is 7.68. The zero-order chi connectivity index (χ0) is 18.9. The van der Waals surface area contributed by atoms with Crippen molar-refractivity contribution < 1.29 is 24.9 Å². The van der Waals surface area contributed by atoms with E-state index in [4.69, 9.17) is 0 Å². The SMILES string of the molecule is Br.C[C@]12C=CC(=O)C=C1CC[C@@H]1[C@@H]2[C@@H](O)C[C@@]2(C)[C@H]1CC[C@]2(O)C(=O)CO. The number of aliphatic hydroxyl groups excluding tert-OH is 2. The van der Waals surface area contributed by atoms with Crippen molar-refractivity contribution in [3.8, 4) is 0 Å². The van der Waals surface area contributed by atoms with E-state index in [1.807, 2.05) is 13.0 Å². The zero-order valence-electron chi connectivity index (χ0n) is 15.9. The highest BCUT2D eigenvalue weighted by Crippen LogP contribution is 2.67. The molecule has 27 heavy (non-hydrogen) atoms. The Labute approximate surface area is 170 Å². The molecule has 4 aliphatic rings. The molecule has 0 radical (unpaired) electrons. The lowest BCUT2D eigenvalue weighted by atomic mass is 9.46. The Bertz CT molecular complexity index is 730. The van der Waals surface area contributed by atoms with E-state index >= 15 is 0 Å². The van der Waals surface area contributed by atoms with Gasteiger partial charge in [0.2, 0.25) is 0 Å². The van der Waals surface area contributed by atoms with E-state index in [0.717, 1.165) is 24.8 Å². The average Bonchev–Trinajstić information content (AvgIpc) is 2.86. The van der Waals surface area contributed by atoms with Gasteiger partial charge in [0.05, 0.1) is 6.10 Å². The molecule has 0 heterocycles. The van der Waals surface area contributed by atoms with Gasteiger partial charge in [-0.3, -0.25) is 9.59 Å². The van der Waals surface area contributed by atoms with Crippen LogP contribution in [-0.2, 0) is 9.59 Å². The standard InChI is InChI=1S/C21H28O5.BrH/c1-19-7-5-13(23)9-12(19)3-4-14-15-6-8-21(26,17(25)11-22)20(15,2)10-16(24)18(14)19;/h5,7,9,14-16,18,22,24,26H,3-4,6,8,10-11H2,1-2H3;1H/t14-,15-,16-,18+,19-,20-,21-;/m0./s1. The largest absolute Gasteiger partial charge is 0.393 e. The predicted octanol–water partition coefficient (Wildman–Crippen LogP) is 2.14. The van der Waals surface area contributed by atoms with Crippen molar-refractivity contribution in [2.24, 2.45) is 28.6 Å². The second kappa shape index (κ2) is 6.61. The van der Waals surface area contributed by atoms with Crippen LogP contribution >= 0.6 is 17.0 Å². The van der Waals surface area contributed by atoms with E-state index in [1.54, 1.807) is 12.2 Å². The van der Waals surface area contributed by atoms with Crippen LogP contribution in [0.25, 0.3) is 0 Å². The first-order chi connectivity index (χ1) is 12.2. The van der Waals surface area contributed by atoms with Gasteiger partial charge < -0.3 is 15.3 Å². The normalized spacial score (nSPS) is 48.0. The van der Waals surface area contributed by atoms with E-state index in [-0.39, 0.29) is 45.9 Å². The van der Waals surface area contributed by atoms with Crippen molar-refractivity contribution >= 4 is 28.5 Å². The topological polar surface area (TPSA) is 94.8 Å². The van der Waals surface area contributed by atoms with Gasteiger partial charge in [-0.25, -0.2) is 0 Å². The Kier molecular flexibility index (Phi) is 5.12. The quantitative estimate of drug-likeness (QED) is 0.611. The summed E-state index contributed by atoms with van der Waals surface area (Å²) >= 11 is 0. The Balaban J connectivity index is 0.00000210. The molecule has 6 heteroatoms. The van der Waals surface area contributed by atoms with E-state index in [2.05, 4.69) is 6.92 Å². The van der Waals surface area contributed by atoms with Crippen LogP contribution in [0.3, 0.4) is 0 Å². The van der Waals surface area contributed by atoms with Crippen LogP contribution in [0.1, 0.15) is 46.0 Å². The van der Waals surface area contributed by atoms with Crippen LogP contribution in [0.15, 0.2) is 23.8 Å². The highest BCUT2D eigenvalue weighted by Gasteiger charge is 2.67. The molecule has 0 saturated heterocycles. The molecule has 3 saturated carbocycles. The molecule has 0 aromatic carbocycles. The summed E-state index contributed by atoms with van der Waals surface area (Å²) in [5, 5.41) is 31.7. The minimum Gasteiger partial charge on any atom is -0.393 e. The summed E-state index contributed by atoms with van der Waals surface area (Å²) in [5.74, 6) is -0.227. The van der Waals surface area contributed by atoms with Gasteiger partial charge >= 0.3 is 0 Å². The number of halogens is 1. The summed E-state index contributed by atoms with van der Waals surface area (Å²) < 4.78 is 0. The molecular weight excluding hydrogens is 412 g/mol. The minimum absolute atomic E-state index is 0. The van der Waals surface area contributed by atoms with Crippen molar-refractivity contribution in [3.63, 3.8) is 0 Å². The molecule has 0 unspecified atom stereocenters. The van der Waals surface area contributed by atoms with Gasteiger partial charge in [0, 0.05) is 16.7 Å². The molecule has 4 aliphatic carbocycles. The van der Waals surface area contributed by atoms with Crippen LogP contribution in [0, 0.1) is 28.6 Å². The lowest BCUT2D eigenvalue weighted by molar-refractivity contribution is -0.178. The number of rotatable bonds is 2. The maximum atomic E-state index is 12.4. The van der Waals surface area contributed by atoms with Gasteiger partial charge in [-0.15, -0.1) is 17.0 Å². The Hall–Kier alpha value is -0.820. The third kappa shape index (κ3) is 2.60. The third-order valence-electron chi connectivity index (χ3n) is 8.25. The number of carbonyl (C=O) groups excluding carboxylic acids is 2. The van der Waals surface area contributed by atoms with Crippen LogP contribution in [0.2, 0.25) is 0 Å². The van der Waals surface area contributed by atoms with Crippen molar-refractivity contribution in [2.45, 2.75) is 57.7 Å². The van der Waals surface area contributed by atoms with Gasteiger partial charge in [-0.1, -0.05) is 25.5 Å². The monoisotopic (exact) mass is 440 g/mol. The van der Waals surface area contributed by atoms with E-state index in [0.29, 0.717) is 12.8 Å². The molecule has 3 fully saturated rings. The molecule has 3 N–H and O–H groups in total. The molecular formula is C21H29BrO5. The van der Waals surface area contributed by atoms with Gasteiger partial charge in [0.1, 0.15) is 12.2 Å². The fourth-order valence-electron chi connectivity index (χ4n) is 6.92. The number of allylic oxidation sites excluding steroid dienone is 4. The van der Waals surface area contributed by atoms with Crippen LogP contribution in [0.5, 0.6) is 0 Å². The summed E-state index contributed by atoms with van der Waals surface area (Å²) in [6.45, 7) is 3.34. The van der Waals surface area contributed by atoms with Gasteiger partial charge in [0.25, 0.3) is 0 Å². The summed E-state index contributed by atoms with van der Waals surface area (Å²) in [6, 6.07) is 0. The molecule has 150 valence electrons.